The summed E-state index contributed by atoms with van der Waals surface area (Å²) in [5, 5.41) is 24.3. The van der Waals surface area contributed by atoms with Crippen molar-refractivity contribution in [2.24, 2.45) is 7.05 Å². The molecule has 8 rings (SSSR count). The largest absolute Gasteiger partial charge is 0.361 e. The monoisotopic (exact) mass is 642 g/mol. The van der Waals surface area contributed by atoms with E-state index in [0.29, 0.717) is 0 Å². The second-order valence-corrected chi connectivity index (χ2v) is 11.7. The number of nitrogens with one attached hydrogen (secondary N) is 1. The number of aromatic amines is 1. The fourth-order valence-electron chi connectivity index (χ4n) is 6.24. The zero-order valence-electron chi connectivity index (χ0n) is 26.5. The fourth-order valence-corrected chi connectivity index (χ4v) is 6.24. The Morgan fingerprint density at radius 2 is 1.00 bits per heavy atom. The summed E-state index contributed by atoms with van der Waals surface area (Å²) in [7, 11) is 1.96. The average molecular weight is 643 g/mol. The van der Waals surface area contributed by atoms with Gasteiger partial charge in [0.2, 0.25) is 0 Å². The van der Waals surface area contributed by atoms with E-state index in [0.717, 1.165) is 66.3 Å². The number of hydrogen-bond donors (Lipinski definition) is 1. The number of fused-ring (bicyclic) bond motifs is 2. The van der Waals surface area contributed by atoms with Gasteiger partial charge in [-0.25, -0.2) is 0 Å². The van der Waals surface area contributed by atoms with Gasteiger partial charge in [0.15, 0.2) is 0 Å². The number of benzene rings is 6. The Bertz CT molecular complexity index is 2470. The van der Waals surface area contributed by atoms with Gasteiger partial charge in [-0.2, -0.15) is 0 Å². The van der Waals surface area contributed by atoms with Crippen LogP contribution in [0.5, 0.6) is 0 Å². The van der Waals surface area contributed by atoms with Crippen molar-refractivity contribution < 1.29 is 9.85 Å². The highest BCUT2D eigenvalue weighted by Crippen LogP contribution is 2.36. The van der Waals surface area contributed by atoms with Crippen molar-refractivity contribution in [1.29, 1.82) is 0 Å². The summed E-state index contributed by atoms with van der Waals surface area (Å²) in [5.74, 6) is 0. The van der Waals surface area contributed by atoms with Gasteiger partial charge in [0.1, 0.15) is 0 Å². The Morgan fingerprint density at radius 1 is 0.510 bits per heavy atom. The van der Waals surface area contributed by atoms with Crippen LogP contribution in [0.4, 0.5) is 11.4 Å². The van der Waals surface area contributed by atoms with Crippen LogP contribution in [0.15, 0.2) is 158 Å². The molecule has 2 heterocycles. The quantitative estimate of drug-likeness (QED) is 0.144. The number of hydrogen-bond acceptors (Lipinski definition) is 4. The van der Waals surface area contributed by atoms with Crippen molar-refractivity contribution in [2.45, 2.75) is 0 Å². The van der Waals surface area contributed by atoms with E-state index < -0.39 is 0 Å². The summed E-state index contributed by atoms with van der Waals surface area (Å²) in [5.41, 5.74) is 10.2. The van der Waals surface area contributed by atoms with E-state index in [9.17, 15) is 20.2 Å². The highest BCUT2D eigenvalue weighted by molar-refractivity contribution is 5.98. The second-order valence-electron chi connectivity index (χ2n) is 11.7. The minimum absolute atomic E-state index is 0.0993. The smallest absolute Gasteiger partial charge is 0.270 e. The van der Waals surface area contributed by atoms with E-state index in [4.69, 9.17) is 0 Å². The SMILES string of the molecule is Cn1ccc2cc([N+](=O)[O-])cc(-c3cccc(-c4ccccc4)c3)c21.O=[N+]([O-])c1cc(-c2cccc(-c3ccccc3)c2)c2[nH]ccc2c1. The molecule has 0 spiro atoms. The van der Waals surface area contributed by atoms with Crippen molar-refractivity contribution in [1.82, 2.24) is 9.55 Å². The van der Waals surface area contributed by atoms with Crippen molar-refractivity contribution >= 4 is 33.2 Å². The molecule has 0 unspecified atom stereocenters. The first-order valence-corrected chi connectivity index (χ1v) is 15.7. The zero-order valence-corrected chi connectivity index (χ0v) is 26.5. The van der Waals surface area contributed by atoms with E-state index in [2.05, 4.69) is 47.4 Å². The lowest BCUT2D eigenvalue weighted by atomic mass is 9.97. The lowest BCUT2D eigenvalue weighted by Gasteiger charge is -2.09. The third-order valence-corrected chi connectivity index (χ3v) is 8.58. The van der Waals surface area contributed by atoms with Crippen molar-refractivity contribution in [3.8, 4) is 44.5 Å². The molecule has 1 N–H and O–H groups in total. The third kappa shape index (κ3) is 6.31. The molecule has 8 nitrogen and oxygen atoms in total. The molecule has 6 aromatic carbocycles. The van der Waals surface area contributed by atoms with Gasteiger partial charge in [0.05, 0.1) is 20.9 Å². The van der Waals surface area contributed by atoms with Crippen LogP contribution < -0.4 is 0 Å². The summed E-state index contributed by atoms with van der Waals surface area (Å²) in [6, 6.07) is 46.7. The van der Waals surface area contributed by atoms with Crippen molar-refractivity contribution in [2.75, 3.05) is 0 Å². The molecule has 8 heteroatoms. The molecule has 49 heavy (non-hydrogen) atoms. The molecular formula is C41H30N4O4. The topological polar surface area (TPSA) is 107 Å². The molecule has 0 fully saturated rings. The maximum absolute atomic E-state index is 11.3. The first-order valence-electron chi connectivity index (χ1n) is 15.7. The first kappa shape index (κ1) is 30.8. The van der Waals surface area contributed by atoms with Crippen molar-refractivity contribution in [3.05, 3.63) is 178 Å². The number of nitro groups is 2. The van der Waals surface area contributed by atoms with Crippen LogP contribution in [0.3, 0.4) is 0 Å². The molecule has 8 aromatic rings. The zero-order chi connectivity index (χ0) is 33.9. The Kier molecular flexibility index (Phi) is 8.26. The number of aryl methyl sites for hydroxylation is 1. The average Bonchev–Trinajstić information content (AvgIpc) is 3.78. The number of non-ortho nitro benzene ring substituents is 2. The number of aromatic nitrogens is 2. The molecule has 2 aromatic heterocycles. The van der Waals surface area contributed by atoms with E-state index in [1.807, 2.05) is 96.7 Å². The number of H-pyrrole nitrogens is 1. The summed E-state index contributed by atoms with van der Waals surface area (Å²) < 4.78 is 2.00. The van der Waals surface area contributed by atoms with Gasteiger partial charge in [-0.1, -0.05) is 97.1 Å². The molecule has 0 amide bonds. The van der Waals surface area contributed by atoms with Crippen molar-refractivity contribution in [3.63, 3.8) is 0 Å². The van der Waals surface area contributed by atoms with Crippen LogP contribution in [0.1, 0.15) is 0 Å². The number of nitro benzene ring substituents is 2. The molecule has 0 saturated carbocycles. The predicted octanol–water partition coefficient (Wildman–Crippen LogP) is 10.8. The molecule has 0 atom stereocenters. The minimum atomic E-state index is -0.350. The molecule has 0 aliphatic carbocycles. The summed E-state index contributed by atoms with van der Waals surface area (Å²) in [4.78, 5) is 25.1. The minimum Gasteiger partial charge on any atom is -0.361 e. The van der Waals surface area contributed by atoms with Crippen LogP contribution in [0.2, 0.25) is 0 Å². The molecule has 0 aliphatic rings. The molecule has 0 aliphatic heterocycles. The normalized spacial score (nSPS) is 10.9. The second kappa shape index (κ2) is 13.1. The maximum Gasteiger partial charge on any atom is 0.270 e. The van der Waals surface area contributed by atoms with Crippen LogP contribution >= 0.6 is 0 Å². The maximum atomic E-state index is 11.3. The molecule has 0 radical (unpaired) electrons. The van der Waals surface area contributed by atoms with Gasteiger partial charge in [-0.05, 0) is 57.6 Å². The summed E-state index contributed by atoms with van der Waals surface area (Å²) in [6.07, 6.45) is 3.73. The highest BCUT2D eigenvalue weighted by Gasteiger charge is 2.16. The van der Waals surface area contributed by atoms with Gasteiger partial charge >= 0.3 is 0 Å². The number of rotatable bonds is 6. The van der Waals surface area contributed by atoms with Gasteiger partial charge in [0, 0.05) is 65.6 Å². The summed E-state index contributed by atoms with van der Waals surface area (Å²) in [6.45, 7) is 0. The third-order valence-electron chi connectivity index (χ3n) is 8.58. The predicted molar refractivity (Wildman–Crippen MR) is 196 cm³/mol. The Balaban J connectivity index is 0.000000154. The van der Waals surface area contributed by atoms with Gasteiger partial charge in [-0.15, -0.1) is 0 Å². The molecular weight excluding hydrogens is 612 g/mol. The van der Waals surface area contributed by atoms with Gasteiger partial charge < -0.3 is 9.55 Å². The van der Waals surface area contributed by atoms with E-state index in [-0.39, 0.29) is 21.2 Å². The van der Waals surface area contributed by atoms with E-state index in [1.54, 1.807) is 30.5 Å². The summed E-state index contributed by atoms with van der Waals surface area (Å²) >= 11 is 0. The van der Waals surface area contributed by atoms with Crippen LogP contribution in [0.25, 0.3) is 66.3 Å². The Labute approximate surface area is 281 Å². The lowest BCUT2D eigenvalue weighted by molar-refractivity contribution is -0.384. The Morgan fingerprint density at radius 3 is 1.57 bits per heavy atom. The van der Waals surface area contributed by atoms with Crippen LogP contribution in [0, 0.1) is 20.2 Å². The van der Waals surface area contributed by atoms with Crippen LogP contribution in [-0.2, 0) is 7.05 Å². The van der Waals surface area contributed by atoms with E-state index in [1.165, 1.54) is 0 Å². The lowest BCUT2D eigenvalue weighted by Crippen LogP contribution is -1.93. The first-order chi connectivity index (χ1) is 23.9. The van der Waals surface area contributed by atoms with Crippen LogP contribution in [-0.4, -0.2) is 19.4 Å². The fraction of sp³-hybridized carbons (Fsp3) is 0.0244. The van der Waals surface area contributed by atoms with Gasteiger partial charge in [0.25, 0.3) is 11.4 Å². The molecule has 0 bridgehead atoms. The van der Waals surface area contributed by atoms with Gasteiger partial charge in [-0.3, -0.25) is 20.2 Å². The standard InChI is InChI=1S/C21H16N2O2.C20H14N2O2/c1-22-11-10-18-13-19(23(24)25)14-20(21(18)22)17-9-5-8-16(12-17)15-6-3-2-4-7-15;23-22(24)18-12-17-9-10-21-20(17)19(13-18)16-8-4-7-15(11-16)14-5-2-1-3-6-14/h2-14H,1H3;1-13,21H. The molecule has 0 saturated heterocycles. The van der Waals surface area contributed by atoms with E-state index >= 15 is 0 Å². The Hall–Kier alpha value is -6.80. The highest BCUT2D eigenvalue weighted by atomic mass is 16.6. The number of nitrogens with zero attached hydrogens (tertiary/aromatic N) is 3. The molecule has 238 valence electrons.